The highest BCUT2D eigenvalue weighted by Gasteiger charge is 2.35. The van der Waals surface area contributed by atoms with Crippen LogP contribution in [0.2, 0.25) is 0 Å². The van der Waals surface area contributed by atoms with E-state index in [1.165, 1.54) is 0 Å². The molecule has 50 valence electrons. The van der Waals surface area contributed by atoms with E-state index in [2.05, 4.69) is 0 Å². The van der Waals surface area contributed by atoms with Gasteiger partial charge in [0, 0.05) is 0 Å². The third kappa shape index (κ3) is 0.745. The van der Waals surface area contributed by atoms with Crippen molar-refractivity contribution in [2.75, 3.05) is 0 Å². The molecule has 1 amide bonds. The third-order valence-electron chi connectivity index (χ3n) is 2.04. The Morgan fingerprint density at radius 1 is 1.89 bits per heavy atom. The van der Waals surface area contributed by atoms with E-state index in [9.17, 15) is 4.79 Å². The zero-order valence-electron chi connectivity index (χ0n) is 5.55. The Balaban J connectivity index is 2.70. The second-order valence-corrected chi connectivity index (χ2v) is 2.48. The molecule has 1 unspecified atom stereocenters. The lowest BCUT2D eigenvalue weighted by Gasteiger charge is -2.30. The average molecular weight is 125 g/mol. The van der Waals surface area contributed by atoms with Gasteiger partial charge in [-0.1, -0.05) is 19.1 Å². The predicted molar refractivity (Wildman–Crippen MR) is 35.7 cm³/mol. The maximum atomic E-state index is 10.7. The fourth-order valence-corrected chi connectivity index (χ4v) is 1.02. The Hall–Kier alpha value is -0.790. The van der Waals surface area contributed by atoms with Crippen molar-refractivity contribution in [1.82, 2.24) is 0 Å². The lowest BCUT2D eigenvalue weighted by atomic mass is 9.73. The minimum absolute atomic E-state index is 0.187. The van der Waals surface area contributed by atoms with Crippen molar-refractivity contribution in [3.05, 3.63) is 12.2 Å². The molecule has 0 fully saturated rings. The van der Waals surface area contributed by atoms with Gasteiger partial charge in [-0.25, -0.2) is 0 Å². The van der Waals surface area contributed by atoms with E-state index >= 15 is 0 Å². The quantitative estimate of drug-likeness (QED) is 0.546. The zero-order valence-corrected chi connectivity index (χ0v) is 5.55. The van der Waals surface area contributed by atoms with Crippen molar-refractivity contribution in [2.45, 2.75) is 19.8 Å². The zero-order chi connectivity index (χ0) is 6.91. The number of primary amides is 1. The molecule has 1 rings (SSSR count). The summed E-state index contributed by atoms with van der Waals surface area (Å²) in [5, 5.41) is 0. The summed E-state index contributed by atoms with van der Waals surface area (Å²) in [5.41, 5.74) is 4.88. The number of amides is 1. The topological polar surface area (TPSA) is 43.1 Å². The van der Waals surface area contributed by atoms with Crippen molar-refractivity contribution in [2.24, 2.45) is 11.1 Å². The van der Waals surface area contributed by atoms with Gasteiger partial charge in [0.25, 0.3) is 0 Å². The molecule has 1 aliphatic rings. The fourth-order valence-electron chi connectivity index (χ4n) is 1.02. The fraction of sp³-hybridized carbons (Fsp3) is 0.571. The molecule has 0 aromatic carbocycles. The Labute approximate surface area is 54.7 Å². The first-order chi connectivity index (χ1) is 4.21. The van der Waals surface area contributed by atoms with E-state index < -0.39 is 0 Å². The van der Waals surface area contributed by atoms with Crippen molar-refractivity contribution in [1.29, 1.82) is 0 Å². The molecule has 2 N–H and O–H groups in total. The first-order valence-electron chi connectivity index (χ1n) is 3.19. The van der Waals surface area contributed by atoms with Gasteiger partial charge >= 0.3 is 0 Å². The molecule has 1 atom stereocenters. The Morgan fingerprint density at radius 3 is 2.44 bits per heavy atom. The van der Waals surface area contributed by atoms with Gasteiger partial charge in [0.1, 0.15) is 0 Å². The lowest BCUT2D eigenvalue weighted by molar-refractivity contribution is -0.126. The molecular weight excluding hydrogens is 114 g/mol. The van der Waals surface area contributed by atoms with Crippen molar-refractivity contribution in [3.63, 3.8) is 0 Å². The van der Waals surface area contributed by atoms with Crippen LogP contribution in [0.5, 0.6) is 0 Å². The summed E-state index contributed by atoms with van der Waals surface area (Å²) in [5.74, 6) is -0.187. The molecular formula is C7H11NO. The molecule has 0 aromatic heterocycles. The van der Waals surface area contributed by atoms with Crippen molar-refractivity contribution < 1.29 is 4.79 Å². The standard InChI is InChI=1S/C7H11NO/c1-2-7(6(8)9)4-3-5-7/h3-4H,2,5H2,1H3,(H2,8,9). The van der Waals surface area contributed by atoms with Crippen LogP contribution in [0.15, 0.2) is 12.2 Å². The highest BCUT2D eigenvalue weighted by atomic mass is 16.1. The highest BCUT2D eigenvalue weighted by Crippen LogP contribution is 2.35. The minimum atomic E-state index is -0.278. The van der Waals surface area contributed by atoms with Crippen LogP contribution < -0.4 is 5.73 Å². The molecule has 9 heavy (non-hydrogen) atoms. The number of allylic oxidation sites excluding steroid dienone is 1. The number of hydrogen-bond acceptors (Lipinski definition) is 1. The van der Waals surface area contributed by atoms with E-state index in [0.717, 1.165) is 12.8 Å². The molecule has 0 spiro atoms. The van der Waals surface area contributed by atoms with Gasteiger partial charge in [-0.15, -0.1) is 0 Å². The van der Waals surface area contributed by atoms with Crippen LogP contribution >= 0.6 is 0 Å². The van der Waals surface area contributed by atoms with E-state index in [1.54, 1.807) is 0 Å². The first kappa shape index (κ1) is 6.33. The second kappa shape index (κ2) is 1.87. The summed E-state index contributed by atoms with van der Waals surface area (Å²) in [4.78, 5) is 10.7. The van der Waals surface area contributed by atoms with Crippen molar-refractivity contribution >= 4 is 5.91 Å². The third-order valence-corrected chi connectivity index (χ3v) is 2.04. The smallest absolute Gasteiger partial charge is 0.227 e. The van der Waals surface area contributed by atoms with Gasteiger partial charge in [0.2, 0.25) is 5.91 Å². The van der Waals surface area contributed by atoms with Gasteiger partial charge in [-0.3, -0.25) is 4.79 Å². The van der Waals surface area contributed by atoms with E-state index in [-0.39, 0.29) is 11.3 Å². The average Bonchev–Trinajstić information content (AvgIpc) is 1.62. The van der Waals surface area contributed by atoms with Crippen LogP contribution in [0, 0.1) is 5.41 Å². The molecule has 0 aromatic rings. The largest absolute Gasteiger partial charge is 0.369 e. The summed E-state index contributed by atoms with van der Waals surface area (Å²) in [6.07, 6.45) is 5.54. The summed E-state index contributed by atoms with van der Waals surface area (Å²) in [6.45, 7) is 1.98. The van der Waals surface area contributed by atoms with Crippen LogP contribution in [-0.2, 0) is 4.79 Å². The van der Waals surface area contributed by atoms with E-state index in [4.69, 9.17) is 5.73 Å². The predicted octanol–water partition coefficient (Wildman–Crippen LogP) is 0.828. The Kier molecular flexibility index (Phi) is 1.31. The first-order valence-corrected chi connectivity index (χ1v) is 3.19. The van der Waals surface area contributed by atoms with Crippen LogP contribution in [0.25, 0.3) is 0 Å². The summed E-state index contributed by atoms with van der Waals surface area (Å²) in [6, 6.07) is 0. The molecule has 0 aliphatic heterocycles. The summed E-state index contributed by atoms with van der Waals surface area (Å²) >= 11 is 0. The van der Waals surface area contributed by atoms with E-state index in [1.807, 2.05) is 19.1 Å². The number of carbonyl (C=O) groups excluding carboxylic acids is 1. The molecule has 1 aliphatic carbocycles. The maximum Gasteiger partial charge on any atom is 0.227 e. The molecule has 2 heteroatoms. The molecule has 0 saturated heterocycles. The number of carbonyl (C=O) groups is 1. The van der Waals surface area contributed by atoms with Crippen LogP contribution in [-0.4, -0.2) is 5.91 Å². The molecule has 0 bridgehead atoms. The number of nitrogens with two attached hydrogens (primary N) is 1. The van der Waals surface area contributed by atoms with Crippen LogP contribution in [0.3, 0.4) is 0 Å². The second-order valence-electron chi connectivity index (χ2n) is 2.48. The summed E-state index contributed by atoms with van der Waals surface area (Å²) in [7, 11) is 0. The lowest BCUT2D eigenvalue weighted by Crippen LogP contribution is -2.38. The highest BCUT2D eigenvalue weighted by molar-refractivity contribution is 5.84. The monoisotopic (exact) mass is 125 g/mol. The van der Waals surface area contributed by atoms with Gasteiger partial charge < -0.3 is 5.73 Å². The minimum Gasteiger partial charge on any atom is -0.369 e. The van der Waals surface area contributed by atoms with Crippen LogP contribution in [0.4, 0.5) is 0 Å². The van der Waals surface area contributed by atoms with Gasteiger partial charge in [0.05, 0.1) is 5.41 Å². The van der Waals surface area contributed by atoms with Gasteiger partial charge in [0.15, 0.2) is 0 Å². The molecule has 0 heterocycles. The normalized spacial score (nSPS) is 31.7. The molecule has 2 nitrogen and oxygen atoms in total. The Morgan fingerprint density at radius 2 is 2.44 bits per heavy atom. The van der Waals surface area contributed by atoms with Crippen molar-refractivity contribution in [3.8, 4) is 0 Å². The van der Waals surface area contributed by atoms with Gasteiger partial charge in [-0.2, -0.15) is 0 Å². The van der Waals surface area contributed by atoms with E-state index in [0.29, 0.717) is 0 Å². The summed E-state index contributed by atoms with van der Waals surface area (Å²) < 4.78 is 0. The van der Waals surface area contributed by atoms with Crippen LogP contribution in [0.1, 0.15) is 19.8 Å². The molecule has 0 radical (unpaired) electrons. The number of rotatable bonds is 2. The maximum absolute atomic E-state index is 10.7. The Bertz CT molecular complexity index is 162. The molecule has 0 saturated carbocycles. The SMILES string of the molecule is CCC1(C(N)=O)C=CC1. The van der Waals surface area contributed by atoms with Gasteiger partial charge in [-0.05, 0) is 12.8 Å². The number of hydrogen-bond donors (Lipinski definition) is 1.